The first kappa shape index (κ1) is 27.7. The minimum absolute atomic E-state index is 0.172. The number of fused-ring (bicyclic) bond motifs is 2. The number of aliphatic hydroxyl groups excluding tert-OH is 1. The Bertz CT molecular complexity index is 1860. The Morgan fingerprint density at radius 1 is 1.07 bits per heavy atom. The monoisotopic (exact) mass is 576 g/mol. The minimum Gasteiger partial charge on any atom is -0.458 e. The van der Waals surface area contributed by atoms with Crippen molar-refractivity contribution < 1.29 is 19.4 Å². The highest BCUT2D eigenvalue weighted by Crippen LogP contribution is 2.34. The summed E-state index contributed by atoms with van der Waals surface area (Å²) in [4.78, 5) is 41.5. The highest BCUT2D eigenvalue weighted by Gasteiger charge is 2.28. The van der Waals surface area contributed by atoms with Crippen LogP contribution in [-0.4, -0.2) is 56.1 Å². The first-order valence-electron chi connectivity index (χ1n) is 13.5. The van der Waals surface area contributed by atoms with E-state index in [1.165, 1.54) is 6.21 Å². The van der Waals surface area contributed by atoms with Crippen LogP contribution in [0.25, 0.3) is 16.5 Å². The van der Waals surface area contributed by atoms with Gasteiger partial charge in [-0.2, -0.15) is 10.1 Å². The number of aliphatic imine (C=N–C) groups is 3. The molecule has 2 aromatic heterocycles. The lowest BCUT2D eigenvalue weighted by Gasteiger charge is -2.21. The molecule has 4 heterocycles. The highest BCUT2D eigenvalue weighted by molar-refractivity contribution is 6.32. The fourth-order valence-electron chi connectivity index (χ4n) is 4.61. The number of allylic oxidation sites excluding steroid dienone is 1. The number of dihydropyridines is 1. The van der Waals surface area contributed by atoms with Crippen molar-refractivity contribution in [1.29, 1.82) is 0 Å². The molecule has 6 rings (SSSR count). The molecular formula is C31H28N8O4. The van der Waals surface area contributed by atoms with E-state index in [1.807, 2.05) is 51.1 Å². The summed E-state index contributed by atoms with van der Waals surface area (Å²) in [5.74, 6) is 1.29. The highest BCUT2D eigenvalue weighted by atomic mass is 16.5. The second kappa shape index (κ2) is 11.1. The third kappa shape index (κ3) is 5.68. The van der Waals surface area contributed by atoms with Gasteiger partial charge in [-0.3, -0.25) is 20.1 Å². The molecule has 0 spiro atoms. The molecule has 12 nitrogen and oxygen atoms in total. The largest absolute Gasteiger partial charge is 0.458 e. The van der Waals surface area contributed by atoms with Crippen LogP contribution in [0.4, 0.5) is 16.3 Å². The number of ether oxygens (including phenoxy) is 1. The second-order valence-corrected chi connectivity index (χ2v) is 10.9. The SMILES string of the molecule is CC(C)(C)c1cc(NC(=O)Nc2ccc(OC3=CC=NC4=NC(=O)C=NC34)c3ccccc23)n(-c2ccc(CO)nc2)n1. The average Bonchev–Trinajstić information content (AvgIpc) is 3.42. The molecule has 216 valence electrons. The van der Waals surface area contributed by atoms with E-state index in [4.69, 9.17) is 9.84 Å². The summed E-state index contributed by atoms with van der Waals surface area (Å²) in [6, 6.07) is 15.3. The summed E-state index contributed by atoms with van der Waals surface area (Å²) in [6.45, 7) is 5.94. The Morgan fingerprint density at radius 3 is 2.63 bits per heavy atom. The Labute approximate surface area is 246 Å². The maximum atomic E-state index is 13.3. The van der Waals surface area contributed by atoms with E-state index in [0.717, 1.165) is 22.7 Å². The van der Waals surface area contributed by atoms with E-state index in [9.17, 15) is 14.7 Å². The number of hydrogen-bond donors (Lipinski definition) is 3. The number of carbonyl (C=O) groups is 2. The van der Waals surface area contributed by atoms with Gasteiger partial charge in [-0.05, 0) is 30.3 Å². The first-order chi connectivity index (χ1) is 20.7. The number of carbonyl (C=O) groups excluding carboxylic acids is 2. The molecule has 0 saturated carbocycles. The Kier molecular flexibility index (Phi) is 7.12. The van der Waals surface area contributed by atoms with Gasteiger partial charge in [0.2, 0.25) is 0 Å². The third-order valence-electron chi connectivity index (χ3n) is 6.81. The van der Waals surface area contributed by atoms with Gasteiger partial charge in [-0.15, -0.1) is 0 Å². The van der Waals surface area contributed by atoms with Crippen molar-refractivity contribution in [3.05, 3.63) is 84.0 Å². The lowest BCUT2D eigenvalue weighted by Crippen LogP contribution is -2.30. The van der Waals surface area contributed by atoms with E-state index in [-0.39, 0.29) is 17.9 Å². The number of nitrogens with zero attached hydrogens (tertiary/aromatic N) is 6. The van der Waals surface area contributed by atoms with Crippen LogP contribution >= 0.6 is 0 Å². The molecule has 0 saturated heterocycles. The van der Waals surface area contributed by atoms with Gasteiger partial charge in [0.15, 0.2) is 11.9 Å². The topological polar surface area (TPSA) is 155 Å². The van der Waals surface area contributed by atoms with Crippen molar-refractivity contribution in [1.82, 2.24) is 14.8 Å². The van der Waals surface area contributed by atoms with Gasteiger partial charge in [0.25, 0.3) is 5.91 Å². The van der Waals surface area contributed by atoms with Crippen LogP contribution in [-0.2, 0) is 16.8 Å². The number of nitrogens with one attached hydrogen (secondary N) is 2. The van der Waals surface area contributed by atoms with Gasteiger partial charge >= 0.3 is 6.03 Å². The molecule has 0 aliphatic carbocycles. The summed E-state index contributed by atoms with van der Waals surface area (Å²) in [5.41, 5.74) is 2.24. The molecule has 43 heavy (non-hydrogen) atoms. The van der Waals surface area contributed by atoms with Crippen molar-refractivity contribution >= 4 is 52.5 Å². The van der Waals surface area contributed by atoms with Crippen molar-refractivity contribution in [3.63, 3.8) is 0 Å². The number of hydrogen-bond acceptors (Lipinski definition) is 8. The lowest BCUT2D eigenvalue weighted by molar-refractivity contribution is -0.111. The lowest BCUT2D eigenvalue weighted by atomic mass is 9.92. The number of anilines is 2. The molecule has 1 unspecified atom stereocenters. The molecule has 0 fully saturated rings. The molecular weight excluding hydrogens is 548 g/mol. The van der Waals surface area contributed by atoms with Crippen molar-refractivity contribution in [3.8, 4) is 11.4 Å². The van der Waals surface area contributed by atoms with Crippen LogP contribution in [0.15, 0.2) is 87.6 Å². The Morgan fingerprint density at radius 2 is 1.88 bits per heavy atom. The van der Waals surface area contributed by atoms with Crippen LogP contribution in [0.2, 0.25) is 0 Å². The van der Waals surface area contributed by atoms with Crippen LogP contribution in [0.3, 0.4) is 0 Å². The van der Waals surface area contributed by atoms with E-state index in [1.54, 1.807) is 41.2 Å². The van der Waals surface area contributed by atoms with Gasteiger partial charge in [0, 0.05) is 28.5 Å². The molecule has 2 aliphatic heterocycles. The fourth-order valence-corrected chi connectivity index (χ4v) is 4.61. The quantitative estimate of drug-likeness (QED) is 0.305. The molecule has 0 bridgehead atoms. The van der Waals surface area contributed by atoms with Gasteiger partial charge in [0.05, 0.1) is 41.8 Å². The fraction of sp³-hybridized carbons (Fsp3) is 0.194. The number of aromatic nitrogens is 3. The molecule has 4 aromatic rings. The summed E-state index contributed by atoms with van der Waals surface area (Å²) in [7, 11) is 0. The predicted molar refractivity (Wildman–Crippen MR) is 164 cm³/mol. The number of benzene rings is 2. The smallest absolute Gasteiger partial charge is 0.324 e. The molecule has 1 atom stereocenters. The van der Waals surface area contributed by atoms with Gasteiger partial charge < -0.3 is 15.2 Å². The molecule has 0 radical (unpaired) electrons. The third-order valence-corrected chi connectivity index (χ3v) is 6.81. The van der Waals surface area contributed by atoms with E-state index >= 15 is 0 Å². The molecule has 2 aromatic carbocycles. The molecule has 3 N–H and O–H groups in total. The predicted octanol–water partition coefficient (Wildman–Crippen LogP) is 4.58. The van der Waals surface area contributed by atoms with Crippen molar-refractivity contribution in [2.75, 3.05) is 10.6 Å². The second-order valence-electron chi connectivity index (χ2n) is 10.9. The van der Waals surface area contributed by atoms with Crippen molar-refractivity contribution in [2.45, 2.75) is 38.8 Å². The Balaban J connectivity index is 1.26. The normalized spacial score (nSPS) is 16.0. The summed E-state index contributed by atoms with van der Waals surface area (Å²) in [6.07, 6.45) is 5.97. The molecule has 3 amide bonds. The van der Waals surface area contributed by atoms with Gasteiger partial charge in [-0.25, -0.2) is 14.5 Å². The van der Waals surface area contributed by atoms with Gasteiger partial charge in [-0.1, -0.05) is 45.0 Å². The number of rotatable bonds is 6. The molecule has 2 aliphatic rings. The van der Waals surface area contributed by atoms with Crippen LogP contribution in [0, 0.1) is 0 Å². The van der Waals surface area contributed by atoms with Crippen LogP contribution < -0.4 is 15.4 Å². The number of pyridine rings is 1. The number of aliphatic hydroxyl groups is 1. The van der Waals surface area contributed by atoms with E-state index in [2.05, 4.69) is 30.6 Å². The summed E-state index contributed by atoms with van der Waals surface area (Å²) >= 11 is 0. The summed E-state index contributed by atoms with van der Waals surface area (Å²) < 4.78 is 7.86. The van der Waals surface area contributed by atoms with Crippen molar-refractivity contribution in [2.24, 2.45) is 15.0 Å². The zero-order valence-corrected chi connectivity index (χ0v) is 23.6. The van der Waals surface area contributed by atoms with Crippen LogP contribution in [0.1, 0.15) is 32.2 Å². The number of amides is 3. The zero-order chi connectivity index (χ0) is 30.1. The van der Waals surface area contributed by atoms with Crippen LogP contribution in [0.5, 0.6) is 5.75 Å². The number of urea groups is 1. The van der Waals surface area contributed by atoms with Gasteiger partial charge in [0.1, 0.15) is 17.3 Å². The first-order valence-corrected chi connectivity index (χ1v) is 13.5. The number of amidine groups is 1. The average molecular weight is 577 g/mol. The zero-order valence-electron chi connectivity index (χ0n) is 23.6. The Hall–Kier alpha value is -5.49. The minimum atomic E-state index is -0.608. The van der Waals surface area contributed by atoms with E-state index < -0.39 is 18.0 Å². The van der Waals surface area contributed by atoms with E-state index in [0.29, 0.717) is 34.4 Å². The standard InChI is InChI=1S/C31H28N8O4/c1-31(2,3)25-14-26(39(38-25)19-9-8-18(17-40)33-15-19)36-30(42)35-22-10-11-23(21-7-5-4-6-20(21)22)43-24-12-13-32-29-28(24)34-16-27(41)37-29/h4-16,28,40H,17H2,1-3H3,(H2,35,36,42). The maximum absolute atomic E-state index is 13.3. The maximum Gasteiger partial charge on any atom is 0.324 e. The molecule has 12 heteroatoms. The summed E-state index contributed by atoms with van der Waals surface area (Å²) in [5, 5.41) is 21.5.